The number of aryl methyl sites for hydroxylation is 1. The second kappa shape index (κ2) is 5.61. The number of aromatic nitrogens is 1. The summed E-state index contributed by atoms with van der Waals surface area (Å²) >= 11 is 0. The summed E-state index contributed by atoms with van der Waals surface area (Å²) in [5.41, 5.74) is 5.95. The molecule has 0 fully saturated rings. The maximum atomic E-state index is 14.0. The van der Waals surface area contributed by atoms with Crippen molar-refractivity contribution in [2.24, 2.45) is 0 Å². The van der Waals surface area contributed by atoms with Gasteiger partial charge in [-0.15, -0.1) is 0 Å². The molecule has 2 aliphatic rings. The molecule has 0 spiro atoms. The van der Waals surface area contributed by atoms with E-state index in [1.807, 2.05) is 19.1 Å². The van der Waals surface area contributed by atoms with E-state index < -0.39 is 5.82 Å². The topological polar surface area (TPSA) is 63.4 Å². The molecule has 136 valence electrons. The third-order valence-corrected chi connectivity index (χ3v) is 5.24. The van der Waals surface area contributed by atoms with Gasteiger partial charge in [-0.1, -0.05) is 12.1 Å². The first-order valence-corrected chi connectivity index (χ1v) is 8.69. The van der Waals surface area contributed by atoms with Crippen LogP contribution in [0.5, 0.6) is 5.75 Å². The van der Waals surface area contributed by atoms with Crippen LogP contribution < -0.4 is 10.1 Å². The number of aromatic amines is 1. The fourth-order valence-electron chi connectivity index (χ4n) is 4.08. The predicted molar refractivity (Wildman–Crippen MR) is 99.4 cm³/mol. The second-order valence-electron chi connectivity index (χ2n) is 6.86. The molecule has 0 aliphatic carbocycles. The molecule has 5 rings (SSSR count). The van der Waals surface area contributed by atoms with Gasteiger partial charge in [0.1, 0.15) is 6.61 Å². The molecule has 1 atom stereocenters. The van der Waals surface area contributed by atoms with Gasteiger partial charge in [-0.05, 0) is 36.8 Å². The lowest BCUT2D eigenvalue weighted by molar-refractivity contribution is -0.136. The number of rotatable bonds is 2. The lowest BCUT2D eigenvalue weighted by Crippen LogP contribution is -2.20. The van der Waals surface area contributed by atoms with Crippen LogP contribution >= 0.6 is 0 Å². The summed E-state index contributed by atoms with van der Waals surface area (Å²) in [6.45, 7) is 2.21. The third kappa shape index (κ3) is 2.26. The largest absolute Gasteiger partial charge is 0.494 e. The summed E-state index contributed by atoms with van der Waals surface area (Å²) in [5.74, 6) is -1.01. The molecular weight excluding hydrogens is 347 g/mol. The van der Waals surface area contributed by atoms with Gasteiger partial charge >= 0.3 is 5.97 Å². The molecular formula is C21H17FN2O3. The van der Waals surface area contributed by atoms with E-state index in [-0.39, 0.29) is 24.2 Å². The molecule has 0 bridgehead atoms. The fraction of sp³-hybridized carbons (Fsp3) is 0.190. The number of carbonyl (C=O) groups is 1. The van der Waals surface area contributed by atoms with Crippen molar-refractivity contribution >= 4 is 22.6 Å². The number of halogens is 1. The van der Waals surface area contributed by atoms with Gasteiger partial charge in [0.15, 0.2) is 11.6 Å². The van der Waals surface area contributed by atoms with E-state index in [1.165, 1.54) is 13.2 Å². The number of benzene rings is 2. The van der Waals surface area contributed by atoms with Gasteiger partial charge in [-0.2, -0.15) is 0 Å². The summed E-state index contributed by atoms with van der Waals surface area (Å²) < 4.78 is 24.4. The molecule has 0 radical (unpaired) electrons. The van der Waals surface area contributed by atoms with Crippen LogP contribution in [-0.2, 0) is 9.53 Å². The monoisotopic (exact) mass is 364 g/mol. The zero-order valence-electron chi connectivity index (χ0n) is 14.9. The number of nitrogens with one attached hydrogen (secondary N) is 2. The van der Waals surface area contributed by atoms with Crippen LogP contribution in [0.2, 0.25) is 0 Å². The molecule has 3 aromatic rings. The smallest absolute Gasteiger partial charge is 0.337 e. The number of carbonyl (C=O) groups excluding carboxylic acids is 1. The Morgan fingerprint density at radius 2 is 2.07 bits per heavy atom. The zero-order chi connectivity index (χ0) is 18.7. The number of cyclic esters (lactones) is 1. The van der Waals surface area contributed by atoms with E-state index in [4.69, 9.17) is 9.47 Å². The molecule has 0 amide bonds. The van der Waals surface area contributed by atoms with Crippen LogP contribution in [0, 0.1) is 12.7 Å². The molecule has 6 heteroatoms. The first-order chi connectivity index (χ1) is 13.1. The number of hydrogen-bond donors (Lipinski definition) is 2. The minimum absolute atomic E-state index is 0.149. The Bertz CT molecular complexity index is 1150. The van der Waals surface area contributed by atoms with Crippen LogP contribution in [0.1, 0.15) is 22.7 Å². The highest BCUT2D eigenvalue weighted by Gasteiger charge is 2.39. The first-order valence-electron chi connectivity index (χ1n) is 8.69. The van der Waals surface area contributed by atoms with E-state index in [0.717, 1.165) is 39.1 Å². The van der Waals surface area contributed by atoms with E-state index in [9.17, 15) is 9.18 Å². The highest BCUT2D eigenvalue weighted by molar-refractivity contribution is 6.01. The van der Waals surface area contributed by atoms with Crippen molar-refractivity contribution in [2.75, 3.05) is 19.0 Å². The predicted octanol–water partition coefficient (Wildman–Crippen LogP) is 3.99. The first kappa shape index (κ1) is 15.9. The van der Waals surface area contributed by atoms with Crippen molar-refractivity contribution in [3.63, 3.8) is 0 Å². The number of methoxy groups -OCH3 is 1. The van der Waals surface area contributed by atoms with Crippen LogP contribution in [0.15, 0.2) is 47.7 Å². The van der Waals surface area contributed by atoms with Crippen LogP contribution in [-0.4, -0.2) is 24.7 Å². The van der Waals surface area contributed by atoms with Gasteiger partial charge in [0.05, 0.1) is 23.9 Å². The van der Waals surface area contributed by atoms with Crippen molar-refractivity contribution in [1.82, 2.24) is 4.98 Å². The average molecular weight is 364 g/mol. The van der Waals surface area contributed by atoms with Crippen molar-refractivity contribution in [3.8, 4) is 5.75 Å². The standard InChI is InChI=1S/C21H17FN2O3/c1-10-7-12-4-6-14-18(20(12)23-10)17(19-15(24-14)9-27-21(19)25)11-3-5-13(22)16(8-11)26-2/h3-8,17,23-24H,9H2,1-2H3. The normalized spacial score (nSPS) is 18.2. The Balaban J connectivity index is 1.82. The van der Waals surface area contributed by atoms with E-state index in [0.29, 0.717) is 5.57 Å². The zero-order valence-corrected chi connectivity index (χ0v) is 14.9. The number of anilines is 1. The van der Waals surface area contributed by atoms with Crippen molar-refractivity contribution in [1.29, 1.82) is 0 Å². The van der Waals surface area contributed by atoms with Gasteiger partial charge in [0, 0.05) is 28.2 Å². The number of ether oxygens (including phenoxy) is 2. The quantitative estimate of drug-likeness (QED) is 0.675. The Morgan fingerprint density at radius 1 is 1.22 bits per heavy atom. The Morgan fingerprint density at radius 3 is 2.89 bits per heavy atom. The molecule has 3 heterocycles. The van der Waals surface area contributed by atoms with E-state index >= 15 is 0 Å². The van der Waals surface area contributed by atoms with E-state index in [1.54, 1.807) is 12.1 Å². The summed E-state index contributed by atoms with van der Waals surface area (Å²) in [6, 6.07) is 10.8. The maximum Gasteiger partial charge on any atom is 0.337 e. The molecule has 27 heavy (non-hydrogen) atoms. The molecule has 5 nitrogen and oxygen atoms in total. The van der Waals surface area contributed by atoms with Crippen LogP contribution in [0.3, 0.4) is 0 Å². The van der Waals surface area contributed by atoms with Gasteiger partial charge in [-0.25, -0.2) is 9.18 Å². The minimum atomic E-state index is -0.437. The second-order valence-corrected chi connectivity index (χ2v) is 6.86. The molecule has 0 saturated heterocycles. The summed E-state index contributed by atoms with van der Waals surface area (Å²) in [4.78, 5) is 15.9. The lowest BCUT2D eigenvalue weighted by Gasteiger charge is -2.28. The number of H-pyrrole nitrogens is 1. The Kier molecular flexibility index (Phi) is 3.31. The summed E-state index contributed by atoms with van der Waals surface area (Å²) in [5, 5.41) is 4.40. The number of hydrogen-bond acceptors (Lipinski definition) is 4. The number of fused-ring (bicyclic) bond motifs is 3. The maximum absolute atomic E-state index is 14.0. The van der Waals surface area contributed by atoms with Crippen molar-refractivity contribution < 1.29 is 18.7 Å². The van der Waals surface area contributed by atoms with Crippen LogP contribution in [0.25, 0.3) is 10.9 Å². The highest BCUT2D eigenvalue weighted by Crippen LogP contribution is 2.47. The Labute approximate surface area is 154 Å². The SMILES string of the molecule is COc1cc(C2C3=C(COC3=O)Nc3ccc4cc(C)[nH]c4c32)ccc1F. The van der Waals surface area contributed by atoms with Crippen molar-refractivity contribution in [3.05, 3.63) is 70.3 Å². The van der Waals surface area contributed by atoms with Crippen LogP contribution in [0.4, 0.5) is 10.1 Å². The summed E-state index contributed by atoms with van der Waals surface area (Å²) in [7, 11) is 1.43. The molecule has 1 aromatic heterocycles. The molecule has 2 aromatic carbocycles. The molecule has 2 aliphatic heterocycles. The molecule has 0 saturated carbocycles. The van der Waals surface area contributed by atoms with E-state index in [2.05, 4.69) is 16.4 Å². The molecule has 2 N–H and O–H groups in total. The van der Waals surface area contributed by atoms with Gasteiger partial charge in [0.2, 0.25) is 0 Å². The minimum Gasteiger partial charge on any atom is -0.494 e. The highest BCUT2D eigenvalue weighted by atomic mass is 19.1. The molecule has 1 unspecified atom stereocenters. The van der Waals surface area contributed by atoms with Gasteiger partial charge in [-0.3, -0.25) is 0 Å². The van der Waals surface area contributed by atoms with Gasteiger partial charge < -0.3 is 19.8 Å². The van der Waals surface area contributed by atoms with Crippen molar-refractivity contribution in [2.45, 2.75) is 12.8 Å². The average Bonchev–Trinajstić information content (AvgIpc) is 3.22. The Hall–Kier alpha value is -3.28. The fourth-order valence-corrected chi connectivity index (χ4v) is 4.08. The summed E-state index contributed by atoms with van der Waals surface area (Å²) in [6.07, 6.45) is 0. The lowest BCUT2D eigenvalue weighted by atomic mass is 9.80. The van der Waals surface area contributed by atoms with Gasteiger partial charge in [0.25, 0.3) is 0 Å². The number of esters is 1. The third-order valence-electron chi connectivity index (χ3n) is 5.24.